The average Bonchev–Trinajstić information content (AvgIpc) is 3.21. The van der Waals surface area contributed by atoms with Crippen LogP contribution in [-0.4, -0.2) is 29.0 Å². The summed E-state index contributed by atoms with van der Waals surface area (Å²) in [6.45, 7) is 3.92. The zero-order valence-electron chi connectivity index (χ0n) is 14.1. The van der Waals surface area contributed by atoms with Gasteiger partial charge in [-0.25, -0.2) is 15.2 Å². The number of pyridine rings is 1. The number of imide groups is 1. The summed E-state index contributed by atoms with van der Waals surface area (Å²) in [6, 6.07) is 3.24. The Morgan fingerprint density at radius 2 is 2.12 bits per heavy atom. The van der Waals surface area contributed by atoms with E-state index in [1.165, 1.54) is 23.6 Å². The summed E-state index contributed by atoms with van der Waals surface area (Å²) in [5.41, 5.74) is 7.22. The van der Waals surface area contributed by atoms with Gasteiger partial charge in [-0.05, 0) is 31.4 Å². The second-order valence-electron chi connectivity index (χ2n) is 5.74. The fourth-order valence-electron chi connectivity index (χ4n) is 2.27. The van der Waals surface area contributed by atoms with E-state index in [1.807, 2.05) is 0 Å². The molecule has 0 spiro atoms. The molecule has 3 heterocycles. The molecule has 1 aliphatic rings. The van der Waals surface area contributed by atoms with Gasteiger partial charge in [0.15, 0.2) is 0 Å². The second-order valence-corrected chi connectivity index (χ2v) is 6.65. The number of fused-ring (bicyclic) bond motifs is 1. The summed E-state index contributed by atoms with van der Waals surface area (Å²) in [6.07, 6.45) is 0.263. The summed E-state index contributed by atoms with van der Waals surface area (Å²) in [5.74, 6) is -0.359. The number of rotatable bonds is 4. The number of carbonyl (C=O) groups is 3. The van der Waals surface area contributed by atoms with Crippen molar-refractivity contribution in [2.75, 3.05) is 10.7 Å². The highest BCUT2D eigenvalue weighted by Gasteiger charge is 2.20. The molecule has 10 heteroatoms. The Balaban J connectivity index is 1.69. The number of ether oxygens (including phenoxy) is 1. The Labute approximate surface area is 153 Å². The van der Waals surface area contributed by atoms with E-state index in [4.69, 9.17) is 4.74 Å². The van der Waals surface area contributed by atoms with Crippen molar-refractivity contribution in [3.05, 3.63) is 40.4 Å². The monoisotopic (exact) mass is 375 g/mol. The van der Waals surface area contributed by atoms with Crippen LogP contribution >= 0.6 is 11.3 Å². The third kappa shape index (κ3) is 3.98. The van der Waals surface area contributed by atoms with Crippen LogP contribution in [0.4, 0.5) is 15.6 Å². The first-order valence-electron chi connectivity index (χ1n) is 7.82. The van der Waals surface area contributed by atoms with Crippen molar-refractivity contribution in [1.29, 1.82) is 0 Å². The van der Waals surface area contributed by atoms with Gasteiger partial charge >= 0.3 is 6.09 Å². The number of nitrogens with one attached hydrogen (secondary N) is 4. The molecular formula is C16H17N5O4S. The molecule has 2 aromatic heterocycles. The number of aromatic nitrogens is 1. The normalized spacial score (nSPS) is 12.3. The van der Waals surface area contributed by atoms with E-state index in [9.17, 15) is 14.4 Å². The van der Waals surface area contributed by atoms with Gasteiger partial charge in [-0.15, -0.1) is 11.3 Å². The molecule has 0 fully saturated rings. The first-order chi connectivity index (χ1) is 12.4. The zero-order chi connectivity index (χ0) is 18.7. The van der Waals surface area contributed by atoms with Crippen LogP contribution in [-0.2, 0) is 11.3 Å². The van der Waals surface area contributed by atoms with Crippen LogP contribution in [0.1, 0.15) is 40.1 Å². The van der Waals surface area contributed by atoms with Crippen LogP contribution in [0.2, 0.25) is 0 Å². The molecule has 3 amide bonds. The maximum absolute atomic E-state index is 12.4. The summed E-state index contributed by atoms with van der Waals surface area (Å²) in [4.78, 5) is 40.4. The van der Waals surface area contributed by atoms with Crippen LogP contribution in [0.15, 0.2) is 23.7 Å². The van der Waals surface area contributed by atoms with E-state index in [-0.39, 0.29) is 11.7 Å². The van der Waals surface area contributed by atoms with Gasteiger partial charge in [-0.3, -0.25) is 14.9 Å². The molecule has 0 atom stereocenters. The molecule has 2 aromatic rings. The number of hydrogen-bond donors (Lipinski definition) is 4. The highest BCUT2D eigenvalue weighted by Crippen LogP contribution is 2.25. The van der Waals surface area contributed by atoms with E-state index in [1.54, 1.807) is 25.3 Å². The van der Waals surface area contributed by atoms with Gasteiger partial charge in [0, 0.05) is 18.3 Å². The number of carbonyl (C=O) groups excluding carboxylic acids is 3. The predicted molar refractivity (Wildman–Crippen MR) is 96.1 cm³/mol. The number of nitrogens with zero attached hydrogens (tertiary/aromatic N) is 1. The Hall–Kier alpha value is -2.98. The lowest BCUT2D eigenvalue weighted by Crippen LogP contribution is -2.32. The summed E-state index contributed by atoms with van der Waals surface area (Å²) >= 11 is 1.18. The molecule has 136 valence electrons. The maximum Gasteiger partial charge on any atom is 0.414 e. The molecule has 0 radical (unpaired) electrons. The Morgan fingerprint density at radius 1 is 1.31 bits per heavy atom. The van der Waals surface area contributed by atoms with E-state index >= 15 is 0 Å². The Bertz CT molecular complexity index is 864. The lowest BCUT2D eigenvalue weighted by Gasteiger charge is -2.09. The fourth-order valence-corrected chi connectivity index (χ4v) is 3.05. The summed E-state index contributed by atoms with van der Waals surface area (Å²) in [7, 11) is 0. The zero-order valence-corrected chi connectivity index (χ0v) is 14.9. The smallest absolute Gasteiger partial charge is 0.414 e. The van der Waals surface area contributed by atoms with Crippen molar-refractivity contribution >= 4 is 40.1 Å². The topological polar surface area (TPSA) is 121 Å². The molecular weight excluding hydrogens is 358 g/mol. The first-order valence-corrected chi connectivity index (χ1v) is 8.70. The SMILES string of the molecule is CC(C)OC(=O)NC(=O)c1ccsc1NC(=O)c1cnc2c(c1)CNN2. The van der Waals surface area contributed by atoms with Gasteiger partial charge in [0.05, 0.1) is 17.2 Å². The number of thiophene rings is 1. The van der Waals surface area contributed by atoms with Crippen molar-refractivity contribution in [2.24, 2.45) is 0 Å². The standard InChI is InChI=1S/C16H17N5O4S/c1-8(2)25-16(24)20-14(23)11-3-4-26-15(11)19-13(22)10-5-9-7-18-21-12(9)17-6-10/h3-6,8,18H,7H2,1-2H3,(H,17,21)(H,19,22)(H,20,23,24). The molecule has 0 aliphatic carbocycles. The van der Waals surface area contributed by atoms with Crippen LogP contribution in [0.3, 0.4) is 0 Å². The minimum absolute atomic E-state index is 0.182. The van der Waals surface area contributed by atoms with Gasteiger partial charge in [-0.2, -0.15) is 0 Å². The van der Waals surface area contributed by atoms with Crippen molar-refractivity contribution in [1.82, 2.24) is 15.7 Å². The molecule has 0 saturated heterocycles. The largest absolute Gasteiger partial charge is 0.447 e. The molecule has 0 bridgehead atoms. The predicted octanol–water partition coefficient (Wildman–Crippen LogP) is 2.10. The van der Waals surface area contributed by atoms with Crippen molar-refractivity contribution in [3.63, 3.8) is 0 Å². The number of amides is 3. The third-order valence-electron chi connectivity index (χ3n) is 3.41. The minimum atomic E-state index is -0.837. The fraction of sp³-hybridized carbons (Fsp3) is 0.250. The number of hydrogen-bond acceptors (Lipinski definition) is 8. The lowest BCUT2D eigenvalue weighted by molar-refractivity contribution is 0.0877. The van der Waals surface area contributed by atoms with Crippen LogP contribution < -0.4 is 21.5 Å². The molecule has 9 nitrogen and oxygen atoms in total. The van der Waals surface area contributed by atoms with Gasteiger partial charge in [0.25, 0.3) is 11.8 Å². The highest BCUT2D eigenvalue weighted by molar-refractivity contribution is 7.14. The van der Waals surface area contributed by atoms with Gasteiger partial charge in [0.2, 0.25) is 0 Å². The van der Waals surface area contributed by atoms with E-state index < -0.39 is 17.9 Å². The summed E-state index contributed by atoms with van der Waals surface area (Å²) < 4.78 is 4.88. The molecule has 0 saturated carbocycles. The van der Waals surface area contributed by atoms with Crippen LogP contribution in [0.25, 0.3) is 0 Å². The Morgan fingerprint density at radius 3 is 2.88 bits per heavy atom. The van der Waals surface area contributed by atoms with E-state index in [2.05, 4.69) is 26.5 Å². The lowest BCUT2D eigenvalue weighted by atomic mass is 10.2. The van der Waals surface area contributed by atoms with Gasteiger partial charge in [0.1, 0.15) is 10.8 Å². The molecule has 0 unspecified atom stereocenters. The second kappa shape index (κ2) is 7.50. The molecule has 4 N–H and O–H groups in total. The molecule has 1 aliphatic heterocycles. The third-order valence-corrected chi connectivity index (χ3v) is 4.24. The van der Waals surface area contributed by atoms with Crippen molar-refractivity contribution in [3.8, 4) is 0 Å². The maximum atomic E-state index is 12.4. The van der Waals surface area contributed by atoms with Crippen molar-refractivity contribution in [2.45, 2.75) is 26.5 Å². The Kier molecular flexibility index (Phi) is 5.14. The first kappa shape index (κ1) is 17.8. The van der Waals surface area contributed by atoms with Gasteiger partial charge in [-0.1, -0.05) is 0 Å². The van der Waals surface area contributed by atoms with E-state index in [0.29, 0.717) is 22.9 Å². The van der Waals surface area contributed by atoms with Crippen LogP contribution in [0.5, 0.6) is 0 Å². The quantitative estimate of drug-likeness (QED) is 0.645. The minimum Gasteiger partial charge on any atom is -0.447 e. The van der Waals surface area contributed by atoms with Gasteiger partial charge < -0.3 is 15.5 Å². The summed E-state index contributed by atoms with van der Waals surface area (Å²) in [5, 5.41) is 6.79. The highest BCUT2D eigenvalue weighted by atomic mass is 32.1. The van der Waals surface area contributed by atoms with E-state index in [0.717, 1.165) is 5.56 Å². The number of hydrazine groups is 1. The molecule has 3 rings (SSSR count). The average molecular weight is 375 g/mol. The molecule has 26 heavy (non-hydrogen) atoms. The molecule has 0 aromatic carbocycles. The number of anilines is 2. The van der Waals surface area contributed by atoms with Crippen molar-refractivity contribution < 1.29 is 19.1 Å². The van der Waals surface area contributed by atoms with Crippen LogP contribution in [0, 0.1) is 0 Å². The number of alkyl carbamates (subject to hydrolysis) is 1.